The maximum Gasteiger partial charge on any atom is 0.276 e. The van der Waals surface area contributed by atoms with Crippen molar-refractivity contribution >= 4 is 17.4 Å². The Hall–Kier alpha value is -3.88. The van der Waals surface area contributed by atoms with Gasteiger partial charge in [-0.15, -0.1) is 0 Å². The number of ether oxygens (including phenoxy) is 1. The van der Waals surface area contributed by atoms with E-state index < -0.39 is 24.3 Å². The summed E-state index contributed by atoms with van der Waals surface area (Å²) < 4.78 is 37.5. The summed E-state index contributed by atoms with van der Waals surface area (Å²) in [6, 6.07) is 2.00. The highest BCUT2D eigenvalue weighted by atomic mass is 19.3. The summed E-state index contributed by atoms with van der Waals surface area (Å²) in [5.41, 5.74) is 1.17. The minimum Gasteiger partial charge on any atom is -0.490 e. The normalized spacial score (nSPS) is 20.2. The van der Waals surface area contributed by atoms with Gasteiger partial charge in [0.2, 0.25) is 5.91 Å². The number of aromatic nitrogens is 5. The van der Waals surface area contributed by atoms with Crippen molar-refractivity contribution in [1.82, 2.24) is 29.5 Å². The summed E-state index contributed by atoms with van der Waals surface area (Å²) >= 11 is 0. The Morgan fingerprint density at radius 3 is 2.97 bits per heavy atom. The lowest BCUT2D eigenvalue weighted by Crippen LogP contribution is -2.54. The predicted octanol–water partition coefficient (Wildman–Crippen LogP) is 1.27. The second kappa shape index (κ2) is 7.67. The van der Waals surface area contributed by atoms with E-state index in [0.29, 0.717) is 22.8 Å². The summed E-state index contributed by atoms with van der Waals surface area (Å²) in [6.45, 7) is -0.0971. The lowest BCUT2D eigenvalue weighted by Gasteiger charge is -2.39. The first-order valence-corrected chi connectivity index (χ1v) is 10.0. The van der Waals surface area contributed by atoms with Crippen LogP contribution in [0, 0.1) is 17.2 Å². The predicted molar refractivity (Wildman–Crippen MR) is 106 cm³/mol. The van der Waals surface area contributed by atoms with Gasteiger partial charge in [0, 0.05) is 36.9 Å². The second-order valence-electron chi connectivity index (χ2n) is 7.70. The fourth-order valence-corrected chi connectivity index (χ4v) is 4.20. The first-order chi connectivity index (χ1) is 15.5. The van der Waals surface area contributed by atoms with Crippen LogP contribution < -0.4 is 9.64 Å². The molecular formula is C20H18F2N8O2. The maximum absolute atomic E-state index is 15.2. The molecule has 32 heavy (non-hydrogen) atoms. The van der Waals surface area contributed by atoms with Gasteiger partial charge >= 0.3 is 0 Å². The van der Waals surface area contributed by atoms with Crippen molar-refractivity contribution in [2.75, 3.05) is 31.1 Å². The van der Waals surface area contributed by atoms with Gasteiger partial charge in [-0.25, -0.2) is 23.3 Å². The fraction of sp³-hybridized carbons (Fsp3) is 0.400. The second-order valence-corrected chi connectivity index (χ2v) is 7.70. The summed E-state index contributed by atoms with van der Waals surface area (Å²) in [7, 11) is 0. The van der Waals surface area contributed by atoms with Crippen LogP contribution in [0.4, 0.5) is 14.6 Å². The number of nitriles is 1. The zero-order chi connectivity index (χ0) is 22.3. The molecule has 2 aliphatic heterocycles. The van der Waals surface area contributed by atoms with E-state index in [1.807, 2.05) is 6.07 Å². The van der Waals surface area contributed by atoms with Crippen LogP contribution in [0.1, 0.15) is 17.5 Å². The zero-order valence-corrected chi connectivity index (χ0v) is 16.9. The Morgan fingerprint density at radius 1 is 1.28 bits per heavy atom. The number of alkyl halides is 2. The van der Waals surface area contributed by atoms with E-state index >= 15 is 8.78 Å². The van der Waals surface area contributed by atoms with Crippen molar-refractivity contribution < 1.29 is 18.3 Å². The molecule has 0 radical (unpaired) electrons. The van der Waals surface area contributed by atoms with E-state index in [0.717, 1.165) is 0 Å². The van der Waals surface area contributed by atoms with Crippen LogP contribution in [-0.2, 0) is 11.3 Å². The molecule has 2 aliphatic rings. The number of carbonyl (C=O) groups is 1. The SMILES string of the molecule is N#Cc1cncc2c1OCCN(C(=O)C1CCN(c3nccn4ncnc34)CC1(F)F)C2. The molecular weight excluding hydrogens is 422 g/mol. The topological polar surface area (TPSA) is 113 Å². The molecule has 1 fully saturated rings. The molecule has 1 atom stereocenters. The Morgan fingerprint density at radius 2 is 2.16 bits per heavy atom. The summed E-state index contributed by atoms with van der Waals surface area (Å²) in [5.74, 6) is -4.71. The zero-order valence-electron chi connectivity index (χ0n) is 16.9. The molecule has 0 bridgehead atoms. The van der Waals surface area contributed by atoms with Crippen LogP contribution in [0.25, 0.3) is 5.65 Å². The molecule has 3 aromatic rings. The monoisotopic (exact) mass is 440 g/mol. The van der Waals surface area contributed by atoms with Gasteiger partial charge in [-0.2, -0.15) is 10.4 Å². The number of nitrogens with zero attached hydrogens (tertiary/aromatic N) is 8. The molecule has 3 aromatic heterocycles. The van der Waals surface area contributed by atoms with Crippen LogP contribution in [0.2, 0.25) is 0 Å². The highest BCUT2D eigenvalue weighted by molar-refractivity contribution is 5.81. The molecule has 0 aliphatic carbocycles. The molecule has 12 heteroatoms. The molecule has 0 spiro atoms. The number of carbonyl (C=O) groups excluding carboxylic acids is 1. The largest absolute Gasteiger partial charge is 0.490 e. The van der Waals surface area contributed by atoms with Crippen molar-refractivity contribution in [2.45, 2.75) is 18.9 Å². The number of fused-ring (bicyclic) bond motifs is 2. The lowest BCUT2D eigenvalue weighted by atomic mass is 9.91. The van der Waals surface area contributed by atoms with Gasteiger partial charge in [-0.1, -0.05) is 0 Å². The van der Waals surface area contributed by atoms with Crippen molar-refractivity contribution in [2.24, 2.45) is 5.92 Å². The highest BCUT2D eigenvalue weighted by Gasteiger charge is 2.50. The standard InChI is InChI=1S/C20H18F2N8O2/c21-20(22)11-29(17-18-26-12-27-30(18)4-2-25-17)3-1-15(20)19(31)28-5-6-32-16-13(7-23)8-24-9-14(16)10-28/h2,4,8-9,12,15H,1,3,5-6,10-11H2. The quantitative estimate of drug-likeness (QED) is 0.586. The molecule has 1 amide bonds. The number of halogens is 2. The molecule has 164 valence electrons. The number of piperidine rings is 1. The van der Waals surface area contributed by atoms with E-state index in [-0.39, 0.29) is 38.2 Å². The first-order valence-electron chi connectivity index (χ1n) is 10.0. The van der Waals surface area contributed by atoms with Crippen molar-refractivity contribution in [1.29, 1.82) is 5.26 Å². The van der Waals surface area contributed by atoms with Crippen molar-refractivity contribution in [3.05, 3.63) is 42.2 Å². The maximum atomic E-state index is 15.2. The molecule has 10 nitrogen and oxygen atoms in total. The van der Waals surface area contributed by atoms with E-state index in [1.165, 1.54) is 39.2 Å². The third-order valence-corrected chi connectivity index (χ3v) is 5.75. The molecule has 1 saturated heterocycles. The van der Waals surface area contributed by atoms with Gasteiger partial charge in [0.15, 0.2) is 11.5 Å². The number of rotatable bonds is 2. The smallest absolute Gasteiger partial charge is 0.276 e. The number of amides is 1. The number of hydrogen-bond donors (Lipinski definition) is 0. The average molecular weight is 440 g/mol. The number of hydrogen-bond acceptors (Lipinski definition) is 8. The third kappa shape index (κ3) is 3.35. The molecule has 1 unspecified atom stereocenters. The summed E-state index contributed by atoms with van der Waals surface area (Å²) in [6.07, 6.45) is 7.23. The number of pyridine rings is 1. The van der Waals surface area contributed by atoms with Gasteiger partial charge in [0.05, 0.1) is 19.6 Å². The van der Waals surface area contributed by atoms with E-state index in [2.05, 4.69) is 20.1 Å². The minimum atomic E-state index is -3.27. The highest BCUT2D eigenvalue weighted by Crippen LogP contribution is 2.37. The summed E-state index contributed by atoms with van der Waals surface area (Å²) in [4.78, 5) is 28.2. The van der Waals surface area contributed by atoms with Crippen molar-refractivity contribution in [3.63, 3.8) is 0 Å². The van der Waals surface area contributed by atoms with Crippen LogP contribution in [-0.4, -0.2) is 67.5 Å². The Balaban J connectivity index is 1.36. The Bertz CT molecular complexity index is 1220. The molecule has 5 rings (SSSR count). The summed E-state index contributed by atoms with van der Waals surface area (Å²) in [5, 5.41) is 13.2. The van der Waals surface area contributed by atoms with E-state index in [9.17, 15) is 10.1 Å². The van der Waals surface area contributed by atoms with Gasteiger partial charge < -0.3 is 14.5 Å². The van der Waals surface area contributed by atoms with Crippen LogP contribution in [0.3, 0.4) is 0 Å². The molecule has 0 aromatic carbocycles. The minimum absolute atomic E-state index is 0.0383. The van der Waals surface area contributed by atoms with Crippen LogP contribution >= 0.6 is 0 Å². The Labute approximate surface area is 181 Å². The lowest BCUT2D eigenvalue weighted by molar-refractivity contribution is -0.152. The van der Waals surface area contributed by atoms with Gasteiger partial charge in [0.25, 0.3) is 5.92 Å². The molecule has 0 saturated carbocycles. The molecule has 0 N–H and O–H groups in total. The van der Waals surface area contributed by atoms with Crippen LogP contribution in [0.15, 0.2) is 31.1 Å². The average Bonchev–Trinajstić information content (AvgIpc) is 3.16. The van der Waals surface area contributed by atoms with Crippen molar-refractivity contribution in [3.8, 4) is 11.8 Å². The Kier molecular flexibility index (Phi) is 4.80. The first kappa shape index (κ1) is 20.0. The van der Waals surface area contributed by atoms with E-state index in [1.54, 1.807) is 6.20 Å². The van der Waals surface area contributed by atoms with Gasteiger partial charge in [0.1, 0.15) is 36.2 Å². The fourth-order valence-electron chi connectivity index (χ4n) is 4.20. The van der Waals surface area contributed by atoms with Gasteiger partial charge in [-0.05, 0) is 6.42 Å². The van der Waals surface area contributed by atoms with E-state index in [4.69, 9.17) is 4.74 Å². The third-order valence-electron chi connectivity index (χ3n) is 5.75. The number of anilines is 1. The van der Waals surface area contributed by atoms with Crippen LogP contribution in [0.5, 0.6) is 5.75 Å². The van der Waals surface area contributed by atoms with Gasteiger partial charge in [-0.3, -0.25) is 9.78 Å². The molecule has 5 heterocycles.